The second-order valence-corrected chi connectivity index (χ2v) is 8.51. The fraction of sp³-hybridized carbons (Fsp3) is 0.391. The fourth-order valence-electron chi connectivity index (χ4n) is 3.71. The van der Waals surface area contributed by atoms with Gasteiger partial charge in [-0.2, -0.15) is 0 Å². The second kappa shape index (κ2) is 8.93. The van der Waals surface area contributed by atoms with Crippen LogP contribution in [0.15, 0.2) is 40.3 Å². The molecule has 0 aromatic carbocycles. The molecule has 0 radical (unpaired) electrons. The zero-order valence-electron chi connectivity index (χ0n) is 17.0. The Morgan fingerprint density at radius 2 is 2.21 bits per heavy atom. The number of rotatable bonds is 7. The van der Waals surface area contributed by atoms with Crippen molar-refractivity contribution in [3.63, 3.8) is 0 Å². The summed E-state index contributed by atoms with van der Waals surface area (Å²) in [5.41, 5.74) is 4.43. The Bertz CT molecular complexity index is 974. The molecule has 3 aromatic heterocycles. The number of aryl methyl sites for hydroxylation is 2. The Kier molecular flexibility index (Phi) is 6.11. The van der Waals surface area contributed by atoms with E-state index in [1.165, 1.54) is 16.0 Å². The Morgan fingerprint density at radius 1 is 1.31 bits per heavy atom. The Balaban J connectivity index is 1.32. The summed E-state index contributed by atoms with van der Waals surface area (Å²) in [7, 11) is 0. The van der Waals surface area contributed by atoms with Gasteiger partial charge in [0.25, 0.3) is 5.91 Å². The molecule has 29 heavy (non-hydrogen) atoms. The average Bonchev–Trinajstić information content (AvgIpc) is 3.34. The zero-order chi connectivity index (χ0) is 20.2. The van der Waals surface area contributed by atoms with Crippen molar-refractivity contribution in [2.24, 2.45) is 0 Å². The van der Waals surface area contributed by atoms with E-state index < -0.39 is 0 Å². The van der Waals surface area contributed by atoms with E-state index >= 15 is 0 Å². The molecule has 152 valence electrons. The van der Waals surface area contributed by atoms with Crippen LogP contribution in [0.5, 0.6) is 0 Å². The van der Waals surface area contributed by atoms with E-state index in [9.17, 15) is 4.79 Å². The fourth-order valence-corrected chi connectivity index (χ4v) is 4.83. The van der Waals surface area contributed by atoms with Crippen LogP contribution in [0.2, 0.25) is 0 Å². The van der Waals surface area contributed by atoms with Gasteiger partial charge in [-0.05, 0) is 49.1 Å². The highest BCUT2D eigenvalue weighted by Gasteiger charge is 2.24. The third kappa shape index (κ3) is 4.77. The van der Waals surface area contributed by atoms with E-state index in [0.717, 1.165) is 55.3 Å². The van der Waals surface area contributed by atoms with Crippen LogP contribution in [0.1, 0.15) is 50.5 Å². The number of hydrogen-bond donors (Lipinski definition) is 1. The molecule has 1 amide bonds. The van der Waals surface area contributed by atoms with Gasteiger partial charge in [-0.3, -0.25) is 14.7 Å². The number of furan rings is 1. The molecule has 3 aromatic rings. The lowest BCUT2D eigenvalue weighted by Crippen LogP contribution is -2.31. The minimum absolute atomic E-state index is 0.0241. The molecule has 0 bridgehead atoms. The molecule has 6 heteroatoms. The molecule has 0 saturated heterocycles. The molecule has 1 aliphatic rings. The summed E-state index contributed by atoms with van der Waals surface area (Å²) in [6, 6.07) is 8.20. The maximum Gasteiger partial charge on any atom is 0.252 e. The third-order valence-electron chi connectivity index (χ3n) is 5.40. The number of nitrogens with one attached hydrogen (secondary N) is 1. The van der Waals surface area contributed by atoms with E-state index in [1.807, 2.05) is 30.6 Å². The molecule has 0 saturated carbocycles. The highest BCUT2D eigenvalue weighted by molar-refractivity contribution is 7.10. The third-order valence-corrected chi connectivity index (χ3v) is 6.42. The van der Waals surface area contributed by atoms with Crippen molar-refractivity contribution in [3.8, 4) is 0 Å². The van der Waals surface area contributed by atoms with Crippen LogP contribution in [0, 0.1) is 6.92 Å². The molecule has 0 fully saturated rings. The highest BCUT2D eigenvalue weighted by atomic mass is 32.1. The predicted molar refractivity (Wildman–Crippen MR) is 115 cm³/mol. The normalized spacial score (nSPS) is 14.0. The van der Waals surface area contributed by atoms with Gasteiger partial charge in [0, 0.05) is 49.1 Å². The molecule has 4 rings (SSSR count). The number of carbonyl (C=O) groups excluding carboxylic acids is 1. The summed E-state index contributed by atoms with van der Waals surface area (Å²) in [5, 5.41) is 5.05. The largest absolute Gasteiger partial charge is 0.466 e. The lowest BCUT2D eigenvalue weighted by atomic mass is 10.0. The topological polar surface area (TPSA) is 58.4 Å². The van der Waals surface area contributed by atoms with Gasteiger partial charge in [0.15, 0.2) is 0 Å². The van der Waals surface area contributed by atoms with E-state index in [-0.39, 0.29) is 5.91 Å². The molecular formula is C23H27N3O2S. The van der Waals surface area contributed by atoms with Gasteiger partial charge in [-0.25, -0.2) is 0 Å². The summed E-state index contributed by atoms with van der Waals surface area (Å²) in [4.78, 5) is 20.9. The van der Waals surface area contributed by atoms with Gasteiger partial charge in [0.05, 0.1) is 11.3 Å². The number of hydrogen-bond acceptors (Lipinski definition) is 5. The van der Waals surface area contributed by atoms with E-state index in [4.69, 9.17) is 4.42 Å². The first-order chi connectivity index (χ1) is 14.1. The highest BCUT2D eigenvalue weighted by Crippen LogP contribution is 2.29. The molecule has 1 aliphatic heterocycles. The number of carbonyl (C=O) groups is 1. The van der Waals surface area contributed by atoms with Crippen molar-refractivity contribution in [1.82, 2.24) is 15.2 Å². The number of nitrogens with zero attached hydrogens (tertiary/aromatic N) is 2. The van der Waals surface area contributed by atoms with Crippen LogP contribution in [0.3, 0.4) is 0 Å². The summed E-state index contributed by atoms with van der Waals surface area (Å²) >= 11 is 1.69. The molecular weight excluding hydrogens is 382 g/mol. The van der Waals surface area contributed by atoms with Crippen molar-refractivity contribution in [1.29, 1.82) is 0 Å². The van der Waals surface area contributed by atoms with Crippen LogP contribution >= 0.6 is 11.3 Å². The number of thiophene rings is 1. The monoisotopic (exact) mass is 409 g/mol. The number of aromatic nitrogens is 1. The van der Waals surface area contributed by atoms with Crippen molar-refractivity contribution >= 4 is 17.2 Å². The molecule has 1 N–H and O–H groups in total. The van der Waals surface area contributed by atoms with Gasteiger partial charge < -0.3 is 9.73 Å². The number of pyridine rings is 1. The van der Waals surface area contributed by atoms with Gasteiger partial charge in [0.2, 0.25) is 0 Å². The van der Waals surface area contributed by atoms with Gasteiger partial charge in [-0.1, -0.05) is 13.0 Å². The van der Waals surface area contributed by atoms with Crippen LogP contribution in [0.4, 0.5) is 0 Å². The van der Waals surface area contributed by atoms with Crippen molar-refractivity contribution in [2.75, 3.05) is 13.1 Å². The minimum Gasteiger partial charge on any atom is -0.466 e. The maximum absolute atomic E-state index is 12.6. The number of amides is 1. The van der Waals surface area contributed by atoms with Crippen LogP contribution < -0.4 is 5.32 Å². The predicted octanol–water partition coefficient (Wildman–Crippen LogP) is 4.14. The standard InChI is InChI=1S/C23H27N3O2S/c1-3-17-5-6-18(25-12-17)13-26-11-9-20-21(15-29-22(20)14-26)23(27)24-10-8-19-7-4-16(2)28-19/h4-7,12,15H,3,8-11,13-14H2,1-2H3,(H,24,27). The van der Waals surface area contributed by atoms with Crippen LogP contribution in [-0.4, -0.2) is 28.9 Å². The average molecular weight is 410 g/mol. The van der Waals surface area contributed by atoms with E-state index in [2.05, 4.69) is 34.3 Å². The summed E-state index contributed by atoms with van der Waals surface area (Å²) in [6.07, 6.45) is 4.61. The summed E-state index contributed by atoms with van der Waals surface area (Å²) in [5.74, 6) is 1.83. The molecule has 0 atom stereocenters. The van der Waals surface area contributed by atoms with Gasteiger partial charge >= 0.3 is 0 Å². The molecule has 0 aliphatic carbocycles. The quantitative estimate of drug-likeness (QED) is 0.637. The SMILES string of the molecule is CCc1ccc(CN2CCc3c(C(=O)NCCc4ccc(C)o4)csc3C2)nc1. The van der Waals surface area contributed by atoms with Crippen molar-refractivity contribution in [2.45, 2.75) is 46.2 Å². The molecule has 5 nitrogen and oxygen atoms in total. The summed E-state index contributed by atoms with van der Waals surface area (Å²) in [6.45, 7) is 7.35. The minimum atomic E-state index is 0.0241. The Hall–Kier alpha value is -2.44. The van der Waals surface area contributed by atoms with Gasteiger partial charge in [0.1, 0.15) is 11.5 Å². The second-order valence-electron chi connectivity index (χ2n) is 7.54. The first kappa shape index (κ1) is 19.9. The van der Waals surface area contributed by atoms with Gasteiger partial charge in [-0.15, -0.1) is 11.3 Å². The zero-order valence-corrected chi connectivity index (χ0v) is 17.8. The summed E-state index contributed by atoms with van der Waals surface area (Å²) < 4.78 is 5.56. The van der Waals surface area contributed by atoms with Crippen LogP contribution in [-0.2, 0) is 32.4 Å². The first-order valence-electron chi connectivity index (χ1n) is 10.2. The first-order valence-corrected chi connectivity index (χ1v) is 11.1. The van der Waals surface area contributed by atoms with Crippen molar-refractivity contribution in [3.05, 3.63) is 74.6 Å². The number of fused-ring (bicyclic) bond motifs is 1. The lowest BCUT2D eigenvalue weighted by molar-refractivity contribution is 0.0952. The Labute approximate surface area is 175 Å². The smallest absolute Gasteiger partial charge is 0.252 e. The Morgan fingerprint density at radius 3 is 2.93 bits per heavy atom. The van der Waals surface area contributed by atoms with E-state index in [0.29, 0.717) is 13.0 Å². The molecule has 0 unspecified atom stereocenters. The van der Waals surface area contributed by atoms with Crippen molar-refractivity contribution < 1.29 is 9.21 Å². The molecule has 4 heterocycles. The maximum atomic E-state index is 12.6. The van der Waals surface area contributed by atoms with E-state index in [1.54, 1.807) is 11.3 Å². The lowest BCUT2D eigenvalue weighted by Gasteiger charge is -2.27. The molecule has 0 spiro atoms. The van der Waals surface area contributed by atoms with Crippen LogP contribution in [0.25, 0.3) is 0 Å².